The van der Waals surface area contributed by atoms with E-state index in [1.165, 1.54) is 7.11 Å². The number of ketones is 2. The van der Waals surface area contributed by atoms with Gasteiger partial charge in [-0.1, -0.05) is 36.4 Å². The van der Waals surface area contributed by atoms with E-state index < -0.39 is 0 Å². The lowest BCUT2D eigenvalue weighted by Crippen LogP contribution is -2.07. The Hall–Kier alpha value is -5.16. The largest absolute Gasteiger partial charge is 0.497 e. The lowest BCUT2D eigenvalue weighted by atomic mass is 9.97. The van der Waals surface area contributed by atoms with Crippen molar-refractivity contribution in [1.82, 2.24) is 0 Å². The summed E-state index contributed by atoms with van der Waals surface area (Å²) in [6.07, 6.45) is 0. The van der Waals surface area contributed by atoms with Crippen molar-refractivity contribution >= 4 is 11.6 Å². The SMILES string of the molecule is COc1cc(C(=O)c2ccc(Oc3ccccc3)cc2)cc(C(=O)c2ccc(Oc3ccccc3)cc2)c1. The fourth-order valence-electron chi connectivity index (χ4n) is 3.91. The topological polar surface area (TPSA) is 61.8 Å². The van der Waals surface area contributed by atoms with Crippen LogP contribution in [0.1, 0.15) is 31.8 Å². The van der Waals surface area contributed by atoms with Gasteiger partial charge in [-0.05, 0) is 91.0 Å². The number of carbonyl (C=O) groups is 2. The maximum absolute atomic E-state index is 13.3. The molecule has 186 valence electrons. The Kier molecular flexibility index (Phi) is 7.27. The molecular formula is C33H24O5. The molecule has 38 heavy (non-hydrogen) atoms. The second kappa shape index (κ2) is 11.3. The summed E-state index contributed by atoms with van der Waals surface area (Å²) in [5.74, 6) is 2.63. The first-order chi connectivity index (χ1) is 18.6. The molecule has 0 heterocycles. The molecule has 0 atom stereocenters. The molecule has 0 aliphatic rings. The molecule has 0 radical (unpaired) electrons. The van der Waals surface area contributed by atoms with Crippen LogP contribution in [-0.2, 0) is 0 Å². The van der Waals surface area contributed by atoms with Crippen LogP contribution in [0.3, 0.4) is 0 Å². The first kappa shape index (κ1) is 24.5. The predicted octanol–water partition coefficient (Wildman–Crippen LogP) is 7.74. The van der Waals surface area contributed by atoms with E-state index in [9.17, 15) is 9.59 Å². The Morgan fingerprint density at radius 1 is 0.421 bits per heavy atom. The van der Waals surface area contributed by atoms with Gasteiger partial charge in [-0.3, -0.25) is 9.59 Å². The maximum Gasteiger partial charge on any atom is 0.193 e. The summed E-state index contributed by atoms with van der Waals surface area (Å²) in [5, 5.41) is 0. The molecule has 0 aliphatic heterocycles. The highest BCUT2D eigenvalue weighted by Gasteiger charge is 2.17. The monoisotopic (exact) mass is 500 g/mol. The Balaban J connectivity index is 1.34. The smallest absolute Gasteiger partial charge is 0.193 e. The van der Waals surface area contributed by atoms with Crippen molar-refractivity contribution < 1.29 is 23.8 Å². The summed E-state index contributed by atoms with van der Waals surface area (Å²) in [6, 6.07) is 37.4. The predicted molar refractivity (Wildman–Crippen MR) is 146 cm³/mol. The van der Waals surface area contributed by atoms with E-state index in [0.717, 1.165) is 0 Å². The van der Waals surface area contributed by atoms with Gasteiger partial charge in [0.1, 0.15) is 28.7 Å². The lowest BCUT2D eigenvalue weighted by Gasteiger charge is -2.10. The van der Waals surface area contributed by atoms with Gasteiger partial charge in [-0.15, -0.1) is 0 Å². The molecule has 0 aliphatic carbocycles. The second-order valence-corrected chi connectivity index (χ2v) is 8.49. The number of ether oxygens (including phenoxy) is 3. The van der Waals surface area contributed by atoms with Crippen molar-refractivity contribution in [3.05, 3.63) is 150 Å². The summed E-state index contributed by atoms with van der Waals surface area (Å²) in [7, 11) is 1.50. The number of methoxy groups -OCH3 is 1. The highest BCUT2D eigenvalue weighted by atomic mass is 16.5. The maximum atomic E-state index is 13.3. The van der Waals surface area contributed by atoms with Crippen LogP contribution in [0, 0.1) is 0 Å². The van der Waals surface area contributed by atoms with Crippen molar-refractivity contribution in [2.24, 2.45) is 0 Å². The molecule has 0 fully saturated rings. The summed E-state index contributed by atoms with van der Waals surface area (Å²) < 4.78 is 17.0. The minimum Gasteiger partial charge on any atom is -0.497 e. The third-order valence-corrected chi connectivity index (χ3v) is 5.86. The van der Waals surface area contributed by atoms with Gasteiger partial charge in [0.2, 0.25) is 0 Å². The van der Waals surface area contributed by atoms with Gasteiger partial charge in [-0.25, -0.2) is 0 Å². The van der Waals surface area contributed by atoms with E-state index in [1.807, 2.05) is 60.7 Å². The number of benzene rings is 5. The highest BCUT2D eigenvalue weighted by Crippen LogP contribution is 2.26. The quantitative estimate of drug-likeness (QED) is 0.194. The summed E-state index contributed by atoms with van der Waals surface area (Å²) in [5.41, 5.74) is 1.65. The van der Waals surface area contributed by atoms with Gasteiger partial charge in [0.25, 0.3) is 0 Å². The van der Waals surface area contributed by atoms with Crippen LogP contribution in [0.15, 0.2) is 127 Å². The minimum absolute atomic E-state index is 0.226. The van der Waals surface area contributed by atoms with Crippen molar-refractivity contribution in [3.63, 3.8) is 0 Å². The molecule has 0 amide bonds. The summed E-state index contributed by atoms with van der Waals surface area (Å²) in [6.45, 7) is 0. The third kappa shape index (κ3) is 5.79. The zero-order valence-corrected chi connectivity index (χ0v) is 20.7. The van der Waals surface area contributed by atoms with Crippen LogP contribution in [-0.4, -0.2) is 18.7 Å². The zero-order chi connectivity index (χ0) is 26.3. The Labute approximate surface area is 220 Å². The molecular weight excluding hydrogens is 476 g/mol. The Morgan fingerprint density at radius 3 is 1.16 bits per heavy atom. The average molecular weight is 501 g/mol. The summed E-state index contributed by atoms with van der Waals surface area (Å²) >= 11 is 0. The van der Waals surface area contributed by atoms with E-state index in [2.05, 4.69) is 0 Å². The highest BCUT2D eigenvalue weighted by molar-refractivity contribution is 6.13. The molecule has 0 saturated carbocycles. The molecule has 0 saturated heterocycles. The summed E-state index contributed by atoms with van der Waals surface area (Å²) in [4.78, 5) is 26.6. The van der Waals surface area contributed by atoms with Crippen molar-refractivity contribution in [2.45, 2.75) is 0 Å². The average Bonchev–Trinajstić information content (AvgIpc) is 2.98. The lowest BCUT2D eigenvalue weighted by molar-refractivity contribution is 0.103. The fourth-order valence-corrected chi connectivity index (χ4v) is 3.91. The van der Waals surface area contributed by atoms with Gasteiger partial charge in [0.05, 0.1) is 7.11 Å². The van der Waals surface area contributed by atoms with Gasteiger partial charge in [0, 0.05) is 22.3 Å². The van der Waals surface area contributed by atoms with Crippen molar-refractivity contribution in [1.29, 1.82) is 0 Å². The molecule has 0 spiro atoms. The first-order valence-corrected chi connectivity index (χ1v) is 12.0. The third-order valence-electron chi connectivity index (χ3n) is 5.86. The normalized spacial score (nSPS) is 10.4. The fraction of sp³-hybridized carbons (Fsp3) is 0.0303. The van der Waals surface area contributed by atoms with Gasteiger partial charge < -0.3 is 14.2 Å². The van der Waals surface area contributed by atoms with Crippen molar-refractivity contribution in [3.8, 4) is 28.7 Å². The minimum atomic E-state index is -0.226. The number of para-hydroxylation sites is 2. The van der Waals surface area contributed by atoms with Crippen LogP contribution in [0.2, 0.25) is 0 Å². The van der Waals surface area contributed by atoms with Crippen LogP contribution in [0.5, 0.6) is 28.7 Å². The van der Waals surface area contributed by atoms with E-state index in [-0.39, 0.29) is 11.6 Å². The molecule has 0 N–H and O–H groups in total. The van der Waals surface area contributed by atoms with E-state index in [1.54, 1.807) is 66.7 Å². The van der Waals surface area contributed by atoms with Crippen LogP contribution < -0.4 is 14.2 Å². The molecule has 0 bridgehead atoms. The van der Waals surface area contributed by atoms with Gasteiger partial charge >= 0.3 is 0 Å². The zero-order valence-electron chi connectivity index (χ0n) is 20.7. The van der Waals surface area contributed by atoms with Crippen LogP contribution >= 0.6 is 0 Å². The molecule has 0 aromatic heterocycles. The molecule has 5 heteroatoms. The standard InChI is InChI=1S/C33H24O5/c1-36-31-21-25(32(34)23-12-16-29(17-13-23)37-27-8-4-2-5-9-27)20-26(22-31)33(35)24-14-18-30(19-15-24)38-28-10-6-3-7-11-28/h2-22H,1H3. The molecule has 5 rings (SSSR count). The second-order valence-electron chi connectivity index (χ2n) is 8.49. The van der Waals surface area contributed by atoms with E-state index >= 15 is 0 Å². The van der Waals surface area contributed by atoms with Gasteiger partial charge in [0.15, 0.2) is 11.6 Å². The number of hydrogen-bond donors (Lipinski definition) is 0. The van der Waals surface area contributed by atoms with Crippen LogP contribution in [0.25, 0.3) is 0 Å². The number of carbonyl (C=O) groups excluding carboxylic acids is 2. The van der Waals surface area contributed by atoms with E-state index in [4.69, 9.17) is 14.2 Å². The first-order valence-electron chi connectivity index (χ1n) is 12.0. The number of hydrogen-bond acceptors (Lipinski definition) is 5. The van der Waals surface area contributed by atoms with Gasteiger partial charge in [-0.2, -0.15) is 0 Å². The van der Waals surface area contributed by atoms with Crippen molar-refractivity contribution in [2.75, 3.05) is 7.11 Å². The molecule has 5 aromatic carbocycles. The van der Waals surface area contributed by atoms with Crippen LogP contribution in [0.4, 0.5) is 0 Å². The Bertz CT molecular complexity index is 1430. The molecule has 5 aromatic rings. The number of rotatable bonds is 9. The molecule has 5 nitrogen and oxygen atoms in total. The molecule has 0 unspecified atom stereocenters. The Morgan fingerprint density at radius 2 is 0.789 bits per heavy atom. The van der Waals surface area contributed by atoms with E-state index in [0.29, 0.717) is 51.0 Å².